The number of nitrogens with two attached hydrogens (primary N) is 1. The van der Waals surface area contributed by atoms with Crippen molar-refractivity contribution < 1.29 is 4.74 Å². The van der Waals surface area contributed by atoms with E-state index < -0.39 is 0 Å². The van der Waals surface area contributed by atoms with Crippen LogP contribution in [0.25, 0.3) is 21.6 Å². The molecule has 4 rings (SSSR count). The van der Waals surface area contributed by atoms with Gasteiger partial charge in [0.25, 0.3) is 0 Å². The summed E-state index contributed by atoms with van der Waals surface area (Å²) >= 11 is 1.62. The maximum atomic E-state index is 5.61. The molecule has 0 aliphatic carbocycles. The molecule has 1 fully saturated rings. The molecule has 0 amide bonds. The lowest BCUT2D eigenvalue weighted by molar-refractivity contribution is 0.122. The van der Waals surface area contributed by atoms with Crippen molar-refractivity contribution in [2.24, 2.45) is 0 Å². The monoisotopic (exact) mass is 381 g/mol. The van der Waals surface area contributed by atoms with Gasteiger partial charge in [0, 0.05) is 30.9 Å². The number of nitrogen functional groups attached to an aromatic ring is 1. The zero-order valence-electron chi connectivity index (χ0n) is 14.9. The topological polar surface area (TPSA) is 102 Å². The van der Waals surface area contributed by atoms with Crippen molar-refractivity contribution in [2.75, 3.05) is 50.5 Å². The summed E-state index contributed by atoms with van der Waals surface area (Å²) in [4.78, 5) is 20.0. The lowest BCUT2D eigenvalue weighted by atomic mass is 10.2. The minimum Gasteiger partial charge on any atom is -0.378 e. The zero-order chi connectivity index (χ0) is 18.6. The van der Waals surface area contributed by atoms with Crippen molar-refractivity contribution in [1.29, 1.82) is 0 Å². The molecule has 1 aliphatic heterocycles. The number of hydrogen-bond donors (Lipinski definition) is 2. The van der Waals surface area contributed by atoms with Crippen LogP contribution in [0.4, 0.5) is 11.8 Å². The Hall–Kier alpha value is -2.80. The van der Waals surface area contributed by atoms with Crippen LogP contribution in [0.3, 0.4) is 0 Å². The lowest BCUT2D eigenvalue weighted by Gasteiger charge is -2.28. The molecular weight excluding hydrogens is 362 g/mol. The molecular formula is C18H19N7OS. The van der Waals surface area contributed by atoms with Crippen LogP contribution in [0, 0.1) is 11.8 Å². The van der Waals surface area contributed by atoms with Gasteiger partial charge in [-0.25, -0.2) is 19.9 Å². The molecule has 0 atom stereocenters. The van der Waals surface area contributed by atoms with Crippen molar-refractivity contribution >= 4 is 33.3 Å². The van der Waals surface area contributed by atoms with Gasteiger partial charge in [-0.1, -0.05) is 11.8 Å². The molecule has 27 heavy (non-hydrogen) atoms. The third-order valence-electron chi connectivity index (χ3n) is 4.13. The fourth-order valence-electron chi connectivity index (χ4n) is 2.79. The summed E-state index contributed by atoms with van der Waals surface area (Å²) in [7, 11) is 1.87. The van der Waals surface area contributed by atoms with Gasteiger partial charge >= 0.3 is 0 Å². The van der Waals surface area contributed by atoms with E-state index >= 15 is 0 Å². The Kier molecular flexibility index (Phi) is 5.11. The van der Waals surface area contributed by atoms with Crippen molar-refractivity contribution in [3.05, 3.63) is 23.3 Å². The van der Waals surface area contributed by atoms with E-state index in [1.54, 1.807) is 23.7 Å². The summed E-state index contributed by atoms with van der Waals surface area (Å²) in [6.45, 7) is 3.58. The van der Waals surface area contributed by atoms with Gasteiger partial charge in [0.05, 0.1) is 35.6 Å². The molecule has 0 aromatic carbocycles. The average Bonchev–Trinajstić information content (AvgIpc) is 3.12. The molecule has 3 N–H and O–H groups in total. The molecule has 3 aromatic heterocycles. The third-order valence-corrected chi connectivity index (χ3v) is 5.09. The number of thiophene rings is 1. The van der Waals surface area contributed by atoms with Crippen molar-refractivity contribution in [2.45, 2.75) is 0 Å². The zero-order valence-corrected chi connectivity index (χ0v) is 15.7. The Bertz CT molecular complexity index is 1000. The highest BCUT2D eigenvalue weighted by molar-refractivity contribution is 7.18. The Morgan fingerprint density at radius 2 is 2.04 bits per heavy atom. The smallest absolute Gasteiger partial charge is 0.219 e. The summed E-state index contributed by atoms with van der Waals surface area (Å²) in [6.07, 6.45) is 3.29. The van der Waals surface area contributed by atoms with Crippen LogP contribution in [-0.4, -0.2) is 59.8 Å². The van der Waals surface area contributed by atoms with Crippen LogP contribution in [-0.2, 0) is 4.74 Å². The molecule has 9 heteroatoms. The van der Waals surface area contributed by atoms with E-state index in [0.717, 1.165) is 40.3 Å². The maximum absolute atomic E-state index is 5.61. The van der Waals surface area contributed by atoms with E-state index in [0.29, 0.717) is 25.6 Å². The molecule has 3 aromatic rings. The Balaban J connectivity index is 1.86. The van der Waals surface area contributed by atoms with Crippen LogP contribution >= 0.6 is 11.3 Å². The molecule has 4 heterocycles. The normalized spacial score (nSPS) is 14.2. The summed E-state index contributed by atoms with van der Waals surface area (Å²) < 4.78 is 6.52. The van der Waals surface area contributed by atoms with Gasteiger partial charge < -0.3 is 20.7 Å². The first-order chi connectivity index (χ1) is 13.3. The van der Waals surface area contributed by atoms with E-state index in [-0.39, 0.29) is 5.95 Å². The van der Waals surface area contributed by atoms with Crippen LogP contribution in [0.5, 0.6) is 0 Å². The van der Waals surface area contributed by atoms with Crippen molar-refractivity contribution in [1.82, 2.24) is 25.3 Å². The fourth-order valence-corrected chi connectivity index (χ4v) is 3.75. The summed E-state index contributed by atoms with van der Waals surface area (Å²) in [6, 6.07) is 0. The van der Waals surface area contributed by atoms with E-state index in [4.69, 9.17) is 20.4 Å². The number of aromatic nitrogens is 4. The molecule has 0 spiro atoms. The number of anilines is 2. The third kappa shape index (κ3) is 3.68. The van der Waals surface area contributed by atoms with E-state index in [2.05, 4.69) is 32.0 Å². The summed E-state index contributed by atoms with van der Waals surface area (Å²) in [5, 5.41) is 5.07. The SMILES string of the molecule is CNCC#Cc1csc2c(N3CCOCC3)nc(-c3cnc(N)nc3)nc12. The maximum Gasteiger partial charge on any atom is 0.219 e. The van der Waals surface area contributed by atoms with E-state index in [1.165, 1.54) is 0 Å². The van der Waals surface area contributed by atoms with Crippen LogP contribution in [0.2, 0.25) is 0 Å². The Labute approximate surface area is 160 Å². The number of morpholine rings is 1. The molecule has 0 bridgehead atoms. The lowest BCUT2D eigenvalue weighted by Crippen LogP contribution is -2.36. The second-order valence-electron chi connectivity index (χ2n) is 5.96. The largest absolute Gasteiger partial charge is 0.378 e. The molecule has 138 valence electrons. The van der Waals surface area contributed by atoms with Crippen LogP contribution in [0.1, 0.15) is 5.56 Å². The predicted octanol–water partition coefficient (Wildman–Crippen LogP) is 1.14. The van der Waals surface area contributed by atoms with Gasteiger partial charge in [-0.2, -0.15) is 0 Å². The number of hydrogen-bond acceptors (Lipinski definition) is 9. The molecule has 8 nitrogen and oxygen atoms in total. The van der Waals surface area contributed by atoms with E-state index in [1.807, 2.05) is 12.4 Å². The molecule has 1 aliphatic rings. The quantitative estimate of drug-likeness (QED) is 0.651. The minimum atomic E-state index is 0.224. The van der Waals surface area contributed by atoms with Crippen molar-refractivity contribution in [3.8, 4) is 23.2 Å². The first kappa shape index (κ1) is 17.6. The number of nitrogens with one attached hydrogen (secondary N) is 1. The van der Waals surface area contributed by atoms with E-state index in [9.17, 15) is 0 Å². The van der Waals surface area contributed by atoms with Gasteiger partial charge in [0.1, 0.15) is 5.52 Å². The minimum absolute atomic E-state index is 0.224. The Morgan fingerprint density at radius 1 is 1.26 bits per heavy atom. The predicted molar refractivity (Wildman–Crippen MR) is 107 cm³/mol. The molecule has 0 saturated carbocycles. The van der Waals surface area contributed by atoms with Crippen LogP contribution in [0.15, 0.2) is 17.8 Å². The van der Waals surface area contributed by atoms with Crippen molar-refractivity contribution in [3.63, 3.8) is 0 Å². The van der Waals surface area contributed by atoms with Gasteiger partial charge in [-0.05, 0) is 7.05 Å². The molecule has 0 radical (unpaired) electrons. The van der Waals surface area contributed by atoms with Crippen LogP contribution < -0.4 is 16.0 Å². The standard InChI is InChI=1S/C18H19N7OS/c1-20-4-2-3-12-11-27-15-14(12)23-16(13-9-21-18(19)22-10-13)24-17(15)25-5-7-26-8-6-25/h9-11,20H,4-8H2,1H3,(H2,19,21,22). The Morgan fingerprint density at radius 3 is 2.78 bits per heavy atom. The number of ether oxygens (including phenoxy) is 1. The number of rotatable bonds is 3. The van der Waals surface area contributed by atoms with Gasteiger partial charge in [0.15, 0.2) is 11.6 Å². The summed E-state index contributed by atoms with van der Waals surface area (Å²) in [5.41, 5.74) is 8.09. The second-order valence-corrected chi connectivity index (χ2v) is 6.84. The number of nitrogens with zero attached hydrogens (tertiary/aromatic N) is 5. The van der Waals surface area contributed by atoms with Gasteiger partial charge in [-0.15, -0.1) is 11.3 Å². The summed E-state index contributed by atoms with van der Waals surface area (Å²) in [5.74, 6) is 8.00. The second kappa shape index (κ2) is 7.84. The highest BCUT2D eigenvalue weighted by Crippen LogP contribution is 2.34. The molecule has 0 unspecified atom stereocenters. The van der Waals surface area contributed by atoms with Gasteiger partial charge in [-0.3, -0.25) is 0 Å². The first-order valence-electron chi connectivity index (χ1n) is 8.59. The molecule has 1 saturated heterocycles. The van der Waals surface area contributed by atoms with Gasteiger partial charge in [0.2, 0.25) is 5.95 Å². The highest BCUT2D eigenvalue weighted by Gasteiger charge is 2.20. The average molecular weight is 381 g/mol. The first-order valence-corrected chi connectivity index (χ1v) is 9.47. The number of fused-ring (bicyclic) bond motifs is 1. The fraction of sp³-hybridized carbons (Fsp3) is 0.333. The highest BCUT2D eigenvalue weighted by atomic mass is 32.1.